The second-order valence-electron chi connectivity index (χ2n) is 12.8. The second-order valence-corrected chi connectivity index (χ2v) is 13.6. The van der Waals surface area contributed by atoms with Gasteiger partial charge in [-0.15, -0.1) is 0 Å². The van der Waals surface area contributed by atoms with E-state index in [2.05, 4.69) is 46.3 Å². The predicted octanol–water partition coefficient (Wildman–Crippen LogP) is 12.4. The van der Waals surface area contributed by atoms with Crippen LogP contribution in [-0.4, -0.2) is 31.1 Å². The summed E-state index contributed by atoms with van der Waals surface area (Å²) in [5.74, 6) is 1.54. The number of carbonyl (C=O) groups is 1. The van der Waals surface area contributed by atoms with E-state index in [1.54, 1.807) is 0 Å². The van der Waals surface area contributed by atoms with Crippen LogP contribution >= 0.6 is 15.9 Å². The zero-order chi connectivity index (χ0) is 35.1. The zero-order valence-corrected chi connectivity index (χ0v) is 31.0. The molecule has 0 saturated heterocycles. The lowest BCUT2D eigenvalue weighted by Crippen LogP contribution is -2.06. The Morgan fingerprint density at radius 2 is 0.840 bits per heavy atom. The summed E-state index contributed by atoms with van der Waals surface area (Å²) in [4.78, 5) is 12.5. The summed E-state index contributed by atoms with van der Waals surface area (Å²) in [7, 11) is 0. The Balaban J connectivity index is 0.969. The minimum absolute atomic E-state index is 0.253. The van der Waals surface area contributed by atoms with E-state index < -0.39 is 0 Å². The molecule has 0 bridgehead atoms. The van der Waals surface area contributed by atoms with Gasteiger partial charge in [-0.05, 0) is 96.5 Å². The van der Waals surface area contributed by atoms with Crippen LogP contribution in [-0.2, 0) is 4.74 Å². The Labute approximate surface area is 308 Å². The highest BCUT2D eigenvalue weighted by Crippen LogP contribution is 2.25. The maximum Gasteiger partial charge on any atom is 0.338 e. The van der Waals surface area contributed by atoms with E-state index in [0.29, 0.717) is 17.7 Å². The Hall–Kier alpha value is -4.08. The maximum absolute atomic E-state index is 12.5. The van der Waals surface area contributed by atoms with Crippen molar-refractivity contribution in [1.82, 2.24) is 0 Å². The minimum atomic E-state index is -0.253. The molecular formula is C44H52BrNO4. The van der Waals surface area contributed by atoms with Crippen molar-refractivity contribution in [2.45, 2.75) is 89.9 Å². The third-order valence-corrected chi connectivity index (χ3v) is 9.41. The number of unbranched alkanes of at least 4 members (excludes halogenated alkanes) is 12. The monoisotopic (exact) mass is 737 g/mol. The molecule has 0 amide bonds. The summed E-state index contributed by atoms with van der Waals surface area (Å²) in [6.07, 6.45) is 16.4. The van der Waals surface area contributed by atoms with Gasteiger partial charge < -0.3 is 14.2 Å². The first kappa shape index (κ1) is 38.7. The Kier molecular flexibility index (Phi) is 18.1. The summed E-state index contributed by atoms with van der Waals surface area (Å²) in [5, 5.41) is 10.1. The molecule has 0 N–H and O–H groups in total. The molecule has 4 aromatic rings. The molecule has 6 heteroatoms. The predicted molar refractivity (Wildman–Crippen MR) is 208 cm³/mol. The topological polar surface area (TPSA) is 68.5 Å². The van der Waals surface area contributed by atoms with Crippen LogP contribution in [0.2, 0.25) is 0 Å². The molecule has 264 valence electrons. The molecular weight excluding hydrogens is 686 g/mol. The largest absolute Gasteiger partial charge is 0.494 e. The van der Waals surface area contributed by atoms with Gasteiger partial charge in [-0.2, -0.15) is 5.26 Å². The quantitative estimate of drug-likeness (QED) is 0.0407. The number of rotatable bonds is 24. The SMILES string of the molecule is N#Cc1ccc(-c2ccc(OCCCCCCCCCCCOC(=O)c3ccc(-c4ccc(OCCCCCCCBr)cc4)cc3)cc2)cc1. The number of esters is 1. The van der Waals surface area contributed by atoms with Crippen molar-refractivity contribution >= 4 is 21.9 Å². The number of alkyl halides is 1. The van der Waals surface area contributed by atoms with Crippen molar-refractivity contribution in [2.24, 2.45) is 0 Å². The first-order chi connectivity index (χ1) is 24.7. The third-order valence-electron chi connectivity index (χ3n) is 8.85. The number of nitriles is 1. The molecule has 0 saturated carbocycles. The second kappa shape index (κ2) is 23.3. The molecule has 0 aliphatic carbocycles. The Morgan fingerprint density at radius 1 is 0.480 bits per heavy atom. The minimum Gasteiger partial charge on any atom is -0.494 e. The zero-order valence-electron chi connectivity index (χ0n) is 29.4. The first-order valence-corrected chi connectivity index (χ1v) is 19.6. The molecule has 50 heavy (non-hydrogen) atoms. The lowest BCUT2D eigenvalue weighted by atomic mass is 10.0. The normalized spacial score (nSPS) is 10.8. The molecule has 0 unspecified atom stereocenters. The van der Waals surface area contributed by atoms with Crippen LogP contribution in [0.5, 0.6) is 11.5 Å². The van der Waals surface area contributed by atoms with Crippen LogP contribution in [0.4, 0.5) is 0 Å². The van der Waals surface area contributed by atoms with Crippen LogP contribution < -0.4 is 9.47 Å². The third kappa shape index (κ3) is 14.4. The van der Waals surface area contributed by atoms with Gasteiger partial charge in [0.15, 0.2) is 0 Å². The smallest absolute Gasteiger partial charge is 0.338 e. The highest BCUT2D eigenvalue weighted by molar-refractivity contribution is 9.09. The first-order valence-electron chi connectivity index (χ1n) is 18.5. The van der Waals surface area contributed by atoms with E-state index in [1.165, 1.54) is 64.2 Å². The van der Waals surface area contributed by atoms with Gasteiger partial charge in [0.05, 0.1) is 37.0 Å². The number of hydrogen-bond donors (Lipinski definition) is 0. The van der Waals surface area contributed by atoms with E-state index >= 15 is 0 Å². The molecule has 0 spiro atoms. The van der Waals surface area contributed by atoms with Gasteiger partial charge in [0.25, 0.3) is 0 Å². The van der Waals surface area contributed by atoms with Crippen molar-refractivity contribution in [1.29, 1.82) is 5.26 Å². The highest BCUT2D eigenvalue weighted by Gasteiger charge is 2.08. The number of carbonyl (C=O) groups excluding carboxylic acids is 1. The van der Waals surface area contributed by atoms with Crippen molar-refractivity contribution in [2.75, 3.05) is 25.2 Å². The van der Waals surface area contributed by atoms with E-state index in [9.17, 15) is 4.79 Å². The Morgan fingerprint density at radius 3 is 1.26 bits per heavy atom. The fourth-order valence-corrected chi connectivity index (χ4v) is 6.22. The molecule has 0 atom stereocenters. The number of hydrogen-bond acceptors (Lipinski definition) is 5. The van der Waals surface area contributed by atoms with Gasteiger partial charge in [-0.3, -0.25) is 0 Å². The highest BCUT2D eigenvalue weighted by atomic mass is 79.9. The van der Waals surface area contributed by atoms with E-state index in [0.717, 1.165) is 78.0 Å². The number of benzene rings is 4. The molecule has 5 nitrogen and oxygen atoms in total. The maximum atomic E-state index is 12.5. The molecule has 0 aromatic heterocycles. The van der Waals surface area contributed by atoms with Gasteiger partial charge >= 0.3 is 5.97 Å². The van der Waals surface area contributed by atoms with Crippen LogP contribution in [0.1, 0.15) is 106 Å². The van der Waals surface area contributed by atoms with Crippen LogP contribution in [0, 0.1) is 11.3 Å². The van der Waals surface area contributed by atoms with Gasteiger partial charge in [0, 0.05) is 5.33 Å². The molecule has 0 aliphatic heterocycles. The fourth-order valence-electron chi connectivity index (χ4n) is 5.82. The lowest BCUT2D eigenvalue weighted by molar-refractivity contribution is 0.0497. The average Bonchev–Trinajstić information content (AvgIpc) is 3.17. The average molecular weight is 739 g/mol. The number of ether oxygens (including phenoxy) is 3. The van der Waals surface area contributed by atoms with Crippen molar-refractivity contribution in [3.63, 3.8) is 0 Å². The molecule has 0 heterocycles. The van der Waals surface area contributed by atoms with Gasteiger partial charge in [-0.25, -0.2) is 4.79 Å². The molecule has 4 rings (SSSR count). The van der Waals surface area contributed by atoms with E-state index in [4.69, 9.17) is 19.5 Å². The van der Waals surface area contributed by atoms with E-state index in [1.807, 2.05) is 72.8 Å². The van der Waals surface area contributed by atoms with Crippen molar-refractivity contribution in [3.8, 4) is 39.8 Å². The fraction of sp³-hybridized carbons (Fsp3) is 0.409. The lowest BCUT2D eigenvalue weighted by Gasteiger charge is -2.09. The summed E-state index contributed by atoms with van der Waals surface area (Å²) in [6, 6.07) is 33.8. The van der Waals surface area contributed by atoms with Gasteiger partial charge in [-0.1, -0.05) is 129 Å². The van der Waals surface area contributed by atoms with E-state index in [-0.39, 0.29) is 5.97 Å². The van der Waals surface area contributed by atoms with Crippen LogP contribution in [0.25, 0.3) is 22.3 Å². The molecule has 0 radical (unpaired) electrons. The van der Waals surface area contributed by atoms with Crippen LogP contribution in [0.15, 0.2) is 97.1 Å². The summed E-state index contributed by atoms with van der Waals surface area (Å²) < 4.78 is 17.4. The van der Waals surface area contributed by atoms with Crippen molar-refractivity contribution in [3.05, 3.63) is 108 Å². The summed E-state index contributed by atoms with van der Waals surface area (Å²) >= 11 is 3.48. The molecule has 0 fully saturated rings. The summed E-state index contributed by atoms with van der Waals surface area (Å²) in [5.41, 5.74) is 5.64. The molecule has 4 aromatic carbocycles. The molecule has 0 aliphatic rings. The Bertz CT molecular complexity index is 1540. The van der Waals surface area contributed by atoms with Gasteiger partial charge in [0.1, 0.15) is 11.5 Å². The standard InChI is InChI=1S/C44H52BrNO4/c45-31-11-7-6-10-13-33-49-43-29-25-40(26-30-43)38-19-21-41(22-20-38)44(47)50-34-14-9-5-3-1-2-4-8-12-32-48-42-27-23-39(24-28-42)37-17-15-36(35-46)16-18-37/h15-30H,1-14,31-34H2. The van der Waals surface area contributed by atoms with Gasteiger partial charge in [0.2, 0.25) is 0 Å². The summed E-state index contributed by atoms with van der Waals surface area (Å²) in [6.45, 7) is 1.96. The van der Waals surface area contributed by atoms with Crippen molar-refractivity contribution < 1.29 is 19.0 Å². The number of nitrogens with zero attached hydrogens (tertiary/aromatic N) is 1. The van der Waals surface area contributed by atoms with Crippen LogP contribution in [0.3, 0.4) is 0 Å². The number of halogens is 1.